The largest absolute Gasteiger partial charge is 0.465 e. The van der Waals surface area contributed by atoms with Gasteiger partial charge in [0.15, 0.2) is 0 Å². The van der Waals surface area contributed by atoms with Crippen LogP contribution in [0.1, 0.15) is 72.6 Å². The van der Waals surface area contributed by atoms with Gasteiger partial charge in [-0.1, -0.05) is 43.7 Å². The molecule has 1 spiro atoms. The van der Waals surface area contributed by atoms with Crippen molar-refractivity contribution in [2.75, 3.05) is 26.2 Å². The number of aliphatic hydroxyl groups excluding tert-OH is 1. The van der Waals surface area contributed by atoms with Crippen LogP contribution in [0.25, 0.3) is 0 Å². The molecule has 0 radical (unpaired) electrons. The molecule has 4 rings (SSSR count). The molecule has 12 heteroatoms. The van der Waals surface area contributed by atoms with Crippen LogP contribution in [0.4, 0.5) is 4.79 Å². The van der Waals surface area contributed by atoms with Gasteiger partial charge in [-0.15, -0.1) is 0 Å². The summed E-state index contributed by atoms with van der Waals surface area (Å²) in [5.74, 6) is -0.167. The lowest BCUT2D eigenvalue weighted by Crippen LogP contribution is -2.51. The van der Waals surface area contributed by atoms with Gasteiger partial charge in [-0.2, -0.15) is 0 Å². The quantitative estimate of drug-likeness (QED) is 0.121. The molecule has 0 bridgehead atoms. The average molecular weight is 647 g/mol. The Labute approximate surface area is 272 Å². The lowest BCUT2D eigenvalue weighted by atomic mass is 9.87. The Morgan fingerprint density at radius 1 is 1.17 bits per heavy atom. The lowest BCUT2D eigenvalue weighted by Gasteiger charge is -2.39. The molecule has 12 nitrogen and oxygen atoms in total. The topological polar surface area (TPSA) is 176 Å². The smallest absolute Gasteiger partial charge is 0.407 e. The molecule has 0 saturated carbocycles. The van der Waals surface area contributed by atoms with Gasteiger partial charge in [0.1, 0.15) is 17.8 Å². The van der Waals surface area contributed by atoms with Crippen molar-refractivity contribution in [2.45, 2.75) is 121 Å². The van der Waals surface area contributed by atoms with Crippen LogP contribution in [0, 0.1) is 11.8 Å². The van der Waals surface area contributed by atoms with Gasteiger partial charge in [-0.05, 0) is 63.9 Å². The highest BCUT2D eigenvalue weighted by Crippen LogP contribution is 2.43. The first-order valence-electron chi connectivity index (χ1n) is 16.9. The number of ether oxygens (including phenoxy) is 3. The Hall–Kier alpha value is -2.77. The molecule has 0 aliphatic carbocycles. The van der Waals surface area contributed by atoms with Crippen LogP contribution in [-0.4, -0.2) is 107 Å². The molecular formula is C34H54N4O8. The van der Waals surface area contributed by atoms with Crippen molar-refractivity contribution in [2.24, 2.45) is 17.6 Å². The van der Waals surface area contributed by atoms with E-state index in [0.29, 0.717) is 39.1 Å². The highest BCUT2D eigenvalue weighted by Gasteiger charge is 2.58. The summed E-state index contributed by atoms with van der Waals surface area (Å²) in [5, 5.41) is 26.3. The van der Waals surface area contributed by atoms with Gasteiger partial charge in [-0.25, -0.2) is 4.79 Å². The van der Waals surface area contributed by atoms with Crippen LogP contribution in [0.3, 0.4) is 0 Å². The molecule has 258 valence electrons. The van der Waals surface area contributed by atoms with Gasteiger partial charge < -0.3 is 45.7 Å². The zero-order valence-corrected chi connectivity index (χ0v) is 27.7. The van der Waals surface area contributed by atoms with Crippen molar-refractivity contribution in [3.63, 3.8) is 0 Å². The summed E-state index contributed by atoms with van der Waals surface area (Å²) in [6.45, 7) is 9.83. The second-order valence-electron chi connectivity index (χ2n) is 13.6. The van der Waals surface area contributed by atoms with E-state index in [1.807, 2.05) is 39.0 Å². The maximum Gasteiger partial charge on any atom is 0.407 e. The molecule has 4 aliphatic heterocycles. The van der Waals surface area contributed by atoms with Gasteiger partial charge in [0.25, 0.3) is 0 Å². The third-order valence-electron chi connectivity index (χ3n) is 9.89. The predicted molar refractivity (Wildman–Crippen MR) is 173 cm³/mol. The van der Waals surface area contributed by atoms with Crippen LogP contribution < -0.4 is 16.4 Å². The number of aliphatic hydroxyl groups is 1. The van der Waals surface area contributed by atoms with Crippen LogP contribution in [-0.2, 0) is 23.8 Å². The number of hydrogen-bond acceptors (Lipinski definition) is 8. The number of hydrogen-bond donors (Lipinski definition) is 5. The van der Waals surface area contributed by atoms with E-state index in [1.54, 1.807) is 0 Å². The fourth-order valence-electron chi connectivity index (χ4n) is 6.96. The minimum absolute atomic E-state index is 0.00793. The van der Waals surface area contributed by atoms with E-state index in [0.717, 1.165) is 31.3 Å². The molecule has 4 aliphatic rings. The normalized spacial score (nSPS) is 35.8. The van der Waals surface area contributed by atoms with E-state index >= 15 is 0 Å². The molecule has 4 heterocycles. The van der Waals surface area contributed by atoms with Crippen molar-refractivity contribution in [3.05, 3.63) is 36.0 Å². The van der Waals surface area contributed by atoms with Crippen LogP contribution >= 0.6 is 0 Å². The Balaban J connectivity index is 1.25. The molecular weight excluding hydrogens is 592 g/mol. The van der Waals surface area contributed by atoms with E-state index < -0.39 is 23.9 Å². The number of carbonyl (C=O) groups is 3. The Morgan fingerprint density at radius 3 is 2.63 bits per heavy atom. The zero-order valence-electron chi connectivity index (χ0n) is 27.7. The minimum Gasteiger partial charge on any atom is -0.465 e. The van der Waals surface area contributed by atoms with Crippen molar-refractivity contribution < 1.29 is 38.8 Å². The van der Waals surface area contributed by atoms with E-state index in [4.69, 9.17) is 19.9 Å². The van der Waals surface area contributed by atoms with Crippen LogP contribution in [0.2, 0.25) is 0 Å². The third kappa shape index (κ3) is 9.63. The number of carboxylic acid groups (broad SMARTS) is 1. The van der Waals surface area contributed by atoms with Gasteiger partial charge in [0.05, 0.1) is 37.4 Å². The number of nitrogens with one attached hydrogen (secondary N) is 2. The number of likely N-dealkylation sites (tertiary alicyclic amines) is 1. The molecule has 0 aromatic carbocycles. The second kappa shape index (κ2) is 16.4. The SMILES string of the molecule is CC(/C=C/[C@H]1O[C@H](CC(=O)NCCN)C[C@@]2(CO2)[C@@H]1O)=C\C[C@@H]1O[C@H](C)[C@H](NC(=O)/C=C/C(C)[C@@H]2CCCCN2C(=O)O)C[C@@H]1C. The van der Waals surface area contributed by atoms with Gasteiger partial charge in [0.2, 0.25) is 11.8 Å². The summed E-state index contributed by atoms with van der Waals surface area (Å²) in [4.78, 5) is 38.1. The maximum absolute atomic E-state index is 12.8. The van der Waals surface area contributed by atoms with Gasteiger partial charge in [-0.3, -0.25) is 9.59 Å². The second-order valence-corrected chi connectivity index (χ2v) is 13.6. The summed E-state index contributed by atoms with van der Waals surface area (Å²) < 4.78 is 18.1. The number of epoxide rings is 1. The minimum atomic E-state index is -0.902. The molecule has 4 fully saturated rings. The molecule has 3 amide bonds. The lowest BCUT2D eigenvalue weighted by molar-refractivity contribution is -0.145. The first-order chi connectivity index (χ1) is 21.9. The van der Waals surface area contributed by atoms with Gasteiger partial charge >= 0.3 is 6.09 Å². The Bertz CT molecular complexity index is 1150. The fourth-order valence-corrected chi connectivity index (χ4v) is 6.96. The summed E-state index contributed by atoms with van der Waals surface area (Å²) in [5.41, 5.74) is 5.83. The number of nitrogens with zero attached hydrogens (tertiary/aromatic N) is 1. The van der Waals surface area contributed by atoms with E-state index in [9.17, 15) is 24.6 Å². The zero-order chi connectivity index (χ0) is 33.4. The van der Waals surface area contributed by atoms with Gasteiger partial charge in [0, 0.05) is 32.1 Å². The number of nitrogens with two attached hydrogens (primary N) is 1. The van der Waals surface area contributed by atoms with E-state index in [2.05, 4.69) is 23.6 Å². The maximum atomic E-state index is 12.8. The average Bonchev–Trinajstić information content (AvgIpc) is 3.80. The number of rotatable bonds is 12. The molecule has 0 aromatic heterocycles. The van der Waals surface area contributed by atoms with Crippen molar-refractivity contribution >= 4 is 17.9 Å². The highest BCUT2D eigenvalue weighted by molar-refractivity contribution is 5.87. The Morgan fingerprint density at radius 2 is 1.93 bits per heavy atom. The number of carbonyl (C=O) groups excluding carboxylic acids is 2. The van der Waals surface area contributed by atoms with Crippen molar-refractivity contribution in [1.29, 1.82) is 0 Å². The summed E-state index contributed by atoms with van der Waals surface area (Å²) in [7, 11) is 0. The number of piperidine rings is 1. The van der Waals surface area contributed by atoms with Crippen molar-refractivity contribution in [1.82, 2.24) is 15.5 Å². The van der Waals surface area contributed by atoms with E-state index in [-0.39, 0.29) is 60.5 Å². The molecule has 6 N–H and O–H groups in total. The molecule has 10 atom stereocenters. The monoisotopic (exact) mass is 646 g/mol. The molecule has 0 aromatic rings. The number of amides is 3. The first kappa shape index (κ1) is 36.1. The first-order valence-corrected chi connectivity index (χ1v) is 16.9. The summed E-state index contributed by atoms with van der Waals surface area (Å²) in [6.07, 6.45) is 11.2. The molecule has 4 saturated heterocycles. The number of allylic oxidation sites excluding steroid dienone is 2. The summed E-state index contributed by atoms with van der Waals surface area (Å²) >= 11 is 0. The van der Waals surface area contributed by atoms with Crippen LogP contribution in [0.5, 0.6) is 0 Å². The predicted octanol–water partition coefficient (Wildman–Crippen LogP) is 2.65. The molecule has 46 heavy (non-hydrogen) atoms. The highest BCUT2D eigenvalue weighted by atomic mass is 16.6. The van der Waals surface area contributed by atoms with Crippen molar-refractivity contribution in [3.8, 4) is 0 Å². The summed E-state index contributed by atoms with van der Waals surface area (Å²) in [6, 6.07) is -0.235. The third-order valence-corrected chi connectivity index (χ3v) is 9.89. The fraction of sp³-hybridized carbons (Fsp3) is 0.735. The standard InChI is InChI=1S/C34H54N4O8/c1-21(9-12-29-32(41)34(20-44-34)19-25(46-29)18-31(40)36-15-14-35)8-11-28-23(3)17-26(24(4)45-28)37-30(39)13-10-22(2)27-7-5-6-16-38(27)33(42)43/h8-10,12-13,22-29,32,41H,5-7,11,14-20,35H2,1-4H3,(H,36,40)(H,37,39)(H,42,43)/b12-9+,13-10+,21-8+/t22?,23-,24+,25+,26+,27-,28-,29+,32+,34+/m0/s1. The van der Waals surface area contributed by atoms with E-state index in [1.165, 1.54) is 11.0 Å². The van der Waals surface area contributed by atoms with Crippen LogP contribution in [0.15, 0.2) is 36.0 Å². The Kier molecular flexibility index (Phi) is 12.8. The molecule has 1 unspecified atom stereocenters.